The van der Waals surface area contributed by atoms with E-state index in [1.165, 1.54) is 20.3 Å². The molecule has 8 heteroatoms. The Balaban J connectivity index is 1.80. The maximum absolute atomic E-state index is 12.8. The molecule has 0 saturated carbocycles. The van der Waals surface area contributed by atoms with E-state index < -0.39 is 5.91 Å². The van der Waals surface area contributed by atoms with Gasteiger partial charge in [0.15, 0.2) is 11.5 Å². The van der Waals surface area contributed by atoms with Gasteiger partial charge in [-0.3, -0.25) is 4.79 Å². The Morgan fingerprint density at radius 1 is 0.861 bits per heavy atom. The third-order valence-corrected chi connectivity index (χ3v) is 5.34. The Kier molecular flexibility index (Phi) is 8.79. The number of nitrogens with zero attached hydrogens (tertiary/aromatic N) is 1. The summed E-state index contributed by atoms with van der Waals surface area (Å²) in [6.07, 6.45) is 1.48. The Hall–Kier alpha value is -4.64. The minimum atomic E-state index is -0.550. The number of nitrogens with one attached hydrogen (secondary N) is 1. The Bertz CT molecular complexity index is 1310. The number of anilines is 1. The highest BCUT2D eigenvalue weighted by Gasteiger charge is 2.14. The first-order valence-corrected chi connectivity index (χ1v) is 11.0. The van der Waals surface area contributed by atoms with Gasteiger partial charge in [0.1, 0.15) is 35.5 Å². The van der Waals surface area contributed by atoms with Gasteiger partial charge >= 0.3 is 0 Å². The average molecular weight is 489 g/mol. The second-order valence-electron chi connectivity index (χ2n) is 7.70. The first-order valence-electron chi connectivity index (χ1n) is 11.0. The smallest absolute Gasteiger partial charge is 0.266 e. The fourth-order valence-corrected chi connectivity index (χ4v) is 3.47. The van der Waals surface area contributed by atoms with E-state index in [9.17, 15) is 10.1 Å². The molecule has 0 saturated heterocycles. The number of benzene rings is 3. The van der Waals surface area contributed by atoms with Crippen molar-refractivity contribution in [2.45, 2.75) is 13.5 Å². The van der Waals surface area contributed by atoms with Crippen LogP contribution < -0.4 is 29.0 Å². The fraction of sp³-hybridized carbons (Fsp3) is 0.214. The normalized spacial score (nSPS) is 10.7. The minimum absolute atomic E-state index is 0.0737. The topological polar surface area (TPSA) is 99.0 Å². The molecule has 1 N–H and O–H groups in total. The molecule has 1 amide bonds. The summed E-state index contributed by atoms with van der Waals surface area (Å²) in [7, 11) is 6.21. The number of carbonyl (C=O) groups is 1. The van der Waals surface area contributed by atoms with E-state index in [0.29, 0.717) is 40.0 Å². The molecular formula is C28H28N2O6. The van der Waals surface area contributed by atoms with Gasteiger partial charge in [-0.25, -0.2) is 0 Å². The zero-order valence-electron chi connectivity index (χ0n) is 20.9. The van der Waals surface area contributed by atoms with Gasteiger partial charge in [0, 0.05) is 5.56 Å². The molecule has 3 aromatic rings. The SMILES string of the molecule is COc1ccc(OC)c(COc2ccc(/C=C(\C#N)C(=O)Nc3cc(C)ccc3OC)cc2OC)c1. The van der Waals surface area contributed by atoms with Crippen LogP contribution in [0.1, 0.15) is 16.7 Å². The van der Waals surface area contributed by atoms with Gasteiger partial charge < -0.3 is 29.0 Å². The first-order chi connectivity index (χ1) is 17.4. The lowest BCUT2D eigenvalue weighted by Gasteiger charge is -2.14. The lowest BCUT2D eigenvalue weighted by molar-refractivity contribution is -0.112. The van der Waals surface area contributed by atoms with Crippen LogP contribution in [0.3, 0.4) is 0 Å². The van der Waals surface area contributed by atoms with Crippen LogP contribution in [0.4, 0.5) is 5.69 Å². The van der Waals surface area contributed by atoms with Crippen molar-refractivity contribution in [2.24, 2.45) is 0 Å². The van der Waals surface area contributed by atoms with Crippen molar-refractivity contribution in [2.75, 3.05) is 33.8 Å². The molecule has 0 bridgehead atoms. The molecule has 0 aliphatic heterocycles. The van der Waals surface area contributed by atoms with Crippen LogP contribution in [0.15, 0.2) is 60.2 Å². The van der Waals surface area contributed by atoms with Crippen molar-refractivity contribution in [3.8, 4) is 34.8 Å². The molecule has 0 unspecified atom stereocenters. The third kappa shape index (κ3) is 6.27. The Labute approximate surface area is 210 Å². The fourth-order valence-electron chi connectivity index (χ4n) is 3.47. The van der Waals surface area contributed by atoms with Crippen LogP contribution in [-0.2, 0) is 11.4 Å². The maximum atomic E-state index is 12.8. The van der Waals surface area contributed by atoms with Gasteiger partial charge in [-0.05, 0) is 66.6 Å². The quantitative estimate of drug-likeness (QED) is 0.311. The molecule has 3 rings (SSSR count). The van der Waals surface area contributed by atoms with E-state index in [1.807, 2.05) is 37.3 Å². The monoisotopic (exact) mass is 488 g/mol. The molecule has 0 atom stereocenters. The number of carbonyl (C=O) groups excluding carboxylic acids is 1. The summed E-state index contributed by atoms with van der Waals surface area (Å²) < 4.78 is 27.4. The van der Waals surface area contributed by atoms with Crippen LogP contribution in [0.2, 0.25) is 0 Å². The van der Waals surface area contributed by atoms with Gasteiger partial charge in [-0.15, -0.1) is 0 Å². The molecule has 0 aliphatic carbocycles. The summed E-state index contributed by atoms with van der Waals surface area (Å²) >= 11 is 0. The highest BCUT2D eigenvalue weighted by Crippen LogP contribution is 2.32. The molecule has 186 valence electrons. The molecule has 36 heavy (non-hydrogen) atoms. The largest absolute Gasteiger partial charge is 0.497 e. The highest BCUT2D eigenvalue weighted by atomic mass is 16.5. The molecule has 0 fully saturated rings. The number of aryl methyl sites for hydroxylation is 1. The van der Waals surface area contributed by atoms with Gasteiger partial charge in [0.05, 0.1) is 34.1 Å². The van der Waals surface area contributed by atoms with Crippen molar-refractivity contribution < 1.29 is 28.5 Å². The summed E-state index contributed by atoms with van der Waals surface area (Å²) in [6.45, 7) is 2.12. The van der Waals surface area contributed by atoms with Crippen LogP contribution in [0, 0.1) is 18.3 Å². The van der Waals surface area contributed by atoms with Crippen molar-refractivity contribution in [3.05, 3.63) is 76.9 Å². The van der Waals surface area contributed by atoms with E-state index in [-0.39, 0.29) is 12.2 Å². The van der Waals surface area contributed by atoms with Gasteiger partial charge in [0.2, 0.25) is 0 Å². The van der Waals surface area contributed by atoms with Crippen LogP contribution in [-0.4, -0.2) is 34.3 Å². The van der Waals surface area contributed by atoms with Crippen LogP contribution >= 0.6 is 0 Å². The summed E-state index contributed by atoms with van der Waals surface area (Å²) in [5, 5.41) is 12.4. The number of hydrogen-bond donors (Lipinski definition) is 1. The minimum Gasteiger partial charge on any atom is -0.497 e. The lowest BCUT2D eigenvalue weighted by atomic mass is 10.1. The summed E-state index contributed by atoms with van der Waals surface area (Å²) in [4.78, 5) is 12.8. The van der Waals surface area contributed by atoms with Crippen molar-refractivity contribution >= 4 is 17.7 Å². The standard InChI is InChI=1S/C28H28N2O6/c1-18-6-9-25(34-4)23(12-18)30-28(31)20(16-29)13-19-7-10-26(27(14-19)35-5)36-17-21-15-22(32-2)8-11-24(21)33-3/h6-15H,17H2,1-5H3,(H,30,31)/b20-13+. The third-order valence-electron chi connectivity index (χ3n) is 5.34. The van der Waals surface area contributed by atoms with Crippen molar-refractivity contribution in [1.82, 2.24) is 0 Å². The number of nitriles is 1. The molecule has 0 radical (unpaired) electrons. The summed E-state index contributed by atoms with van der Waals surface area (Å²) in [5.74, 6) is 2.25. The number of hydrogen-bond acceptors (Lipinski definition) is 7. The molecule has 8 nitrogen and oxygen atoms in total. The van der Waals surface area contributed by atoms with Gasteiger partial charge in [0.25, 0.3) is 5.91 Å². The molecule has 0 heterocycles. The molecule has 0 spiro atoms. The zero-order chi connectivity index (χ0) is 26.1. The number of rotatable bonds is 10. The van der Waals surface area contributed by atoms with E-state index in [2.05, 4.69) is 5.32 Å². The maximum Gasteiger partial charge on any atom is 0.266 e. The number of ether oxygens (including phenoxy) is 5. The molecular weight excluding hydrogens is 460 g/mol. The second kappa shape index (κ2) is 12.2. The van der Waals surface area contributed by atoms with E-state index in [1.54, 1.807) is 44.6 Å². The number of methoxy groups -OCH3 is 4. The first kappa shape index (κ1) is 26.0. The van der Waals surface area contributed by atoms with E-state index in [0.717, 1.165) is 11.1 Å². The van der Waals surface area contributed by atoms with Crippen LogP contribution in [0.25, 0.3) is 6.08 Å². The number of amides is 1. The Morgan fingerprint density at radius 3 is 2.22 bits per heavy atom. The predicted molar refractivity (Wildman–Crippen MR) is 137 cm³/mol. The molecule has 3 aromatic carbocycles. The van der Waals surface area contributed by atoms with Gasteiger partial charge in [-0.2, -0.15) is 5.26 Å². The van der Waals surface area contributed by atoms with E-state index in [4.69, 9.17) is 23.7 Å². The average Bonchev–Trinajstić information content (AvgIpc) is 2.90. The molecule has 0 aromatic heterocycles. The Morgan fingerprint density at radius 2 is 1.56 bits per heavy atom. The predicted octanol–water partition coefficient (Wildman–Crippen LogP) is 5.15. The summed E-state index contributed by atoms with van der Waals surface area (Å²) in [5.41, 5.74) is 2.76. The van der Waals surface area contributed by atoms with Gasteiger partial charge in [-0.1, -0.05) is 12.1 Å². The van der Waals surface area contributed by atoms with Crippen molar-refractivity contribution in [1.29, 1.82) is 5.26 Å². The highest BCUT2D eigenvalue weighted by molar-refractivity contribution is 6.10. The lowest BCUT2D eigenvalue weighted by Crippen LogP contribution is -2.14. The second-order valence-corrected chi connectivity index (χ2v) is 7.70. The molecule has 0 aliphatic rings. The summed E-state index contributed by atoms with van der Waals surface area (Å²) in [6, 6.07) is 18.0. The van der Waals surface area contributed by atoms with Crippen molar-refractivity contribution in [3.63, 3.8) is 0 Å². The zero-order valence-corrected chi connectivity index (χ0v) is 20.9. The van der Waals surface area contributed by atoms with Crippen LogP contribution in [0.5, 0.6) is 28.7 Å². The van der Waals surface area contributed by atoms with E-state index >= 15 is 0 Å².